The highest BCUT2D eigenvalue weighted by atomic mass is 32.1. The monoisotopic (exact) mass is 370 g/mol. The first kappa shape index (κ1) is 18.6. The molecule has 0 radical (unpaired) electrons. The van der Waals surface area contributed by atoms with E-state index in [4.69, 9.17) is 0 Å². The van der Waals surface area contributed by atoms with Crippen LogP contribution in [0.5, 0.6) is 0 Å². The lowest BCUT2D eigenvalue weighted by Gasteiger charge is -2.18. The number of hydrogen-bond acceptors (Lipinski definition) is 3. The van der Waals surface area contributed by atoms with Crippen molar-refractivity contribution in [3.8, 4) is 0 Å². The Labute approximate surface area is 159 Å². The van der Waals surface area contributed by atoms with Crippen molar-refractivity contribution < 1.29 is 9.59 Å². The van der Waals surface area contributed by atoms with Crippen molar-refractivity contribution in [2.24, 2.45) is 5.92 Å². The summed E-state index contributed by atoms with van der Waals surface area (Å²) in [7, 11) is 0. The molecule has 0 spiro atoms. The van der Waals surface area contributed by atoms with Crippen LogP contribution in [-0.4, -0.2) is 18.4 Å². The van der Waals surface area contributed by atoms with Gasteiger partial charge in [-0.1, -0.05) is 31.5 Å². The van der Waals surface area contributed by atoms with E-state index in [0.717, 1.165) is 36.8 Å². The second-order valence-electron chi connectivity index (χ2n) is 7.13. The number of anilines is 1. The van der Waals surface area contributed by atoms with Crippen molar-refractivity contribution in [3.05, 3.63) is 51.4 Å². The van der Waals surface area contributed by atoms with Crippen LogP contribution in [0.4, 0.5) is 5.00 Å². The Morgan fingerprint density at radius 3 is 2.62 bits per heavy atom. The van der Waals surface area contributed by atoms with Gasteiger partial charge in [0.2, 0.25) is 0 Å². The van der Waals surface area contributed by atoms with Gasteiger partial charge in [0.05, 0.1) is 5.56 Å². The first-order chi connectivity index (χ1) is 12.5. The van der Waals surface area contributed by atoms with Gasteiger partial charge in [0.1, 0.15) is 5.00 Å². The summed E-state index contributed by atoms with van der Waals surface area (Å²) in [5.74, 6) is 0.382. The molecule has 1 aromatic heterocycles. The van der Waals surface area contributed by atoms with Crippen LogP contribution in [-0.2, 0) is 12.8 Å². The lowest BCUT2D eigenvalue weighted by atomic mass is 9.88. The summed E-state index contributed by atoms with van der Waals surface area (Å²) in [5, 5.41) is 6.65. The molecule has 0 aliphatic heterocycles. The van der Waals surface area contributed by atoms with Gasteiger partial charge in [0.25, 0.3) is 11.8 Å². The molecule has 1 aliphatic carbocycles. The average molecular weight is 371 g/mol. The summed E-state index contributed by atoms with van der Waals surface area (Å²) in [6.07, 6.45) is 3.86. The quantitative estimate of drug-likeness (QED) is 0.810. The Morgan fingerprint density at radius 2 is 1.92 bits per heavy atom. The van der Waals surface area contributed by atoms with E-state index in [0.29, 0.717) is 28.6 Å². The van der Waals surface area contributed by atoms with E-state index in [1.54, 1.807) is 11.3 Å². The summed E-state index contributed by atoms with van der Waals surface area (Å²) in [4.78, 5) is 26.6. The molecule has 2 N–H and O–H groups in total. The molecule has 5 heteroatoms. The maximum absolute atomic E-state index is 12.7. The van der Waals surface area contributed by atoms with Gasteiger partial charge >= 0.3 is 0 Å². The molecule has 4 nitrogen and oxygen atoms in total. The minimum atomic E-state index is -0.166. The minimum Gasteiger partial charge on any atom is -0.352 e. The fourth-order valence-electron chi connectivity index (χ4n) is 3.29. The number of carbonyl (C=O) groups excluding carboxylic acids is 2. The van der Waals surface area contributed by atoms with Crippen LogP contribution in [0.15, 0.2) is 24.3 Å². The van der Waals surface area contributed by atoms with Crippen molar-refractivity contribution in [1.29, 1.82) is 0 Å². The standard InChI is InChI=1S/C21H26N2O2S/c1-4-11-22-20(25)18-16-10-7-14(3)12-17(16)26-21(18)23-19(24)15-8-5-13(2)6-9-15/h5-6,8-9,14H,4,7,10-12H2,1-3H3,(H,22,25)(H,23,24)/t14-/m1/s1. The van der Waals surface area contributed by atoms with E-state index >= 15 is 0 Å². The Morgan fingerprint density at radius 1 is 1.19 bits per heavy atom. The van der Waals surface area contributed by atoms with Gasteiger partial charge in [-0.3, -0.25) is 9.59 Å². The third kappa shape index (κ3) is 3.98. The van der Waals surface area contributed by atoms with E-state index in [2.05, 4.69) is 17.6 Å². The van der Waals surface area contributed by atoms with Gasteiger partial charge in [0, 0.05) is 17.0 Å². The van der Waals surface area contributed by atoms with Crippen molar-refractivity contribution >= 4 is 28.2 Å². The second-order valence-corrected chi connectivity index (χ2v) is 8.24. The Bertz CT molecular complexity index is 808. The molecule has 1 aromatic carbocycles. The van der Waals surface area contributed by atoms with E-state index in [-0.39, 0.29) is 11.8 Å². The van der Waals surface area contributed by atoms with Crippen LogP contribution in [0.1, 0.15) is 63.4 Å². The molecular formula is C21H26N2O2S. The lowest BCUT2D eigenvalue weighted by molar-refractivity contribution is 0.0953. The van der Waals surface area contributed by atoms with Gasteiger partial charge in [0.15, 0.2) is 0 Å². The van der Waals surface area contributed by atoms with E-state index in [1.807, 2.05) is 38.1 Å². The molecule has 0 unspecified atom stereocenters. The van der Waals surface area contributed by atoms with E-state index < -0.39 is 0 Å². The largest absolute Gasteiger partial charge is 0.352 e. The third-order valence-corrected chi connectivity index (χ3v) is 5.98. The Hall–Kier alpha value is -2.14. The second kappa shape index (κ2) is 8.04. The number of amides is 2. The van der Waals surface area contributed by atoms with E-state index in [1.165, 1.54) is 4.88 Å². The lowest BCUT2D eigenvalue weighted by Crippen LogP contribution is -2.26. The number of benzene rings is 1. The maximum Gasteiger partial charge on any atom is 0.256 e. The molecule has 26 heavy (non-hydrogen) atoms. The van der Waals surface area contributed by atoms with Gasteiger partial charge in [-0.25, -0.2) is 0 Å². The topological polar surface area (TPSA) is 58.2 Å². The molecule has 1 atom stereocenters. The van der Waals surface area contributed by atoms with Gasteiger partial charge in [-0.15, -0.1) is 11.3 Å². The summed E-state index contributed by atoms with van der Waals surface area (Å²) >= 11 is 1.56. The van der Waals surface area contributed by atoms with Crippen molar-refractivity contribution in [1.82, 2.24) is 5.32 Å². The van der Waals surface area contributed by atoms with Gasteiger partial charge in [-0.05, 0) is 56.2 Å². The van der Waals surface area contributed by atoms with E-state index in [9.17, 15) is 9.59 Å². The average Bonchev–Trinajstić information content (AvgIpc) is 2.97. The number of nitrogens with one attached hydrogen (secondary N) is 2. The smallest absolute Gasteiger partial charge is 0.256 e. The SMILES string of the molecule is CCCNC(=O)c1c(NC(=O)c2ccc(C)cc2)sc2c1CC[C@@H](C)C2. The molecule has 0 bridgehead atoms. The van der Waals surface area contributed by atoms with Crippen LogP contribution in [0, 0.1) is 12.8 Å². The molecule has 138 valence electrons. The molecule has 1 heterocycles. The van der Waals surface area contributed by atoms with Gasteiger partial charge in [-0.2, -0.15) is 0 Å². The number of fused-ring (bicyclic) bond motifs is 1. The first-order valence-corrected chi connectivity index (χ1v) is 10.1. The fourth-order valence-corrected chi connectivity index (χ4v) is 4.69. The highest BCUT2D eigenvalue weighted by Crippen LogP contribution is 2.39. The number of carbonyl (C=O) groups is 2. The highest BCUT2D eigenvalue weighted by molar-refractivity contribution is 7.17. The predicted molar refractivity (Wildman–Crippen MR) is 107 cm³/mol. The van der Waals surface area contributed by atoms with Crippen LogP contribution >= 0.6 is 11.3 Å². The fraction of sp³-hybridized carbons (Fsp3) is 0.429. The number of rotatable bonds is 5. The third-order valence-electron chi connectivity index (χ3n) is 4.82. The van der Waals surface area contributed by atoms with Crippen LogP contribution in [0.2, 0.25) is 0 Å². The Kier molecular flexibility index (Phi) is 5.77. The maximum atomic E-state index is 12.7. The van der Waals surface area contributed by atoms with Crippen LogP contribution in [0.3, 0.4) is 0 Å². The zero-order valence-corrected chi connectivity index (χ0v) is 16.5. The molecule has 0 saturated carbocycles. The van der Waals surface area contributed by atoms with Crippen molar-refractivity contribution in [2.75, 3.05) is 11.9 Å². The molecular weight excluding hydrogens is 344 g/mol. The summed E-state index contributed by atoms with van der Waals surface area (Å²) in [6.45, 7) is 6.91. The molecule has 2 aromatic rings. The number of thiophene rings is 1. The molecule has 1 aliphatic rings. The first-order valence-electron chi connectivity index (χ1n) is 9.30. The number of aryl methyl sites for hydroxylation is 1. The molecule has 2 amide bonds. The minimum absolute atomic E-state index is 0.0712. The normalized spacial score (nSPS) is 16.0. The highest BCUT2D eigenvalue weighted by Gasteiger charge is 2.28. The van der Waals surface area contributed by atoms with Crippen molar-refractivity contribution in [3.63, 3.8) is 0 Å². The summed E-state index contributed by atoms with van der Waals surface area (Å²) in [5.41, 5.74) is 3.52. The number of hydrogen-bond donors (Lipinski definition) is 2. The van der Waals surface area contributed by atoms with Crippen LogP contribution < -0.4 is 10.6 Å². The summed E-state index contributed by atoms with van der Waals surface area (Å²) < 4.78 is 0. The van der Waals surface area contributed by atoms with Crippen molar-refractivity contribution in [2.45, 2.75) is 46.5 Å². The zero-order chi connectivity index (χ0) is 18.7. The molecule has 3 rings (SSSR count). The van der Waals surface area contributed by atoms with Crippen LogP contribution in [0.25, 0.3) is 0 Å². The molecule has 0 fully saturated rings. The predicted octanol–water partition coefficient (Wildman–Crippen LogP) is 4.57. The molecule has 0 saturated heterocycles. The Balaban J connectivity index is 1.91. The summed E-state index contributed by atoms with van der Waals surface area (Å²) in [6, 6.07) is 7.48. The van der Waals surface area contributed by atoms with Gasteiger partial charge < -0.3 is 10.6 Å². The zero-order valence-electron chi connectivity index (χ0n) is 15.6.